The molecule has 100 valence electrons. The molecule has 20 heavy (non-hydrogen) atoms. The monoisotopic (exact) mass is 284 g/mol. The van der Waals surface area contributed by atoms with Gasteiger partial charge in [0.1, 0.15) is 0 Å². The number of amides is 1. The number of carbonyl (C=O) groups is 1. The Morgan fingerprint density at radius 2 is 1.75 bits per heavy atom. The Morgan fingerprint density at radius 1 is 1.05 bits per heavy atom. The maximum atomic E-state index is 12.0. The fraction of sp³-hybridized carbons (Fsp3) is 0.125. The maximum Gasteiger partial charge on any atom is 0.253 e. The first kappa shape index (κ1) is 12.9. The van der Waals surface area contributed by atoms with Crippen molar-refractivity contribution in [2.75, 3.05) is 5.01 Å². The first-order valence-corrected chi connectivity index (χ1v) is 6.79. The van der Waals surface area contributed by atoms with Gasteiger partial charge < -0.3 is 0 Å². The second kappa shape index (κ2) is 5.47. The van der Waals surface area contributed by atoms with Gasteiger partial charge in [0.2, 0.25) is 0 Å². The first-order valence-electron chi connectivity index (χ1n) is 6.41. The predicted molar refractivity (Wildman–Crippen MR) is 81.1 cm³/mol. The quantitative estimate of drug-likeness (QED) is 0.846. The fourth-order valence-electron chi connectivity index (χ4n) is 2.19. The van der Waals surface area contributed by atoms with E-state index in [9.17, 15) is 4.79 Å². The summed E-state index contributed by atoms with van der Waals surface area (Å²) < 4.78 is 0. The van der Waals surface area contributed by atoms with Gasteiger partial charge in [-0.3, -0.25) is 4.79 Å². The summed E-state index contributed by atoms with van der Waals surface area (Å²) in [5, 5.41) is 6.61. The topological polar surface area (TPSA) is 32.7 Å². The zero-order valence-corrected chi connectivity index (χ0v) is 11.5. The molecule has 1 amide bonds. The summed E-state index contributed by atoms with van der Waals surface area (Å²) in [6.07, 6.45) is 1.05. The molecule has 4 heteroatoms. The van der Waals surface area contributed by atoms with Crippen LogP contribution in [-0.2, 0) is 11.2 Å². The smallest absolute Gasteiger partial charge is 0.253 e. The van der Waals surface area contributed by atoms with Crippen LogP contribution in [0, 0.1) is 0 Å². The van der Waals surface area contributed by atoms with Gasteiger partial charge in [-0.15, -0.1) is 0 Å². The molecule has 0 N–H and O–H groups in total. The minimum atomic E-state index is 0.0140. The van der Waals surface area contributed by atoms with Crippen molar-refractivity contribution in [3.8, 4) is 0 Å². The number of carbonyl (C=O) groups excluding carboxylic acids is 1. The molecule has 1 aliphatic rings. The number of para-hydroxylation sites is 1. The van der Waals surface area contributed by atoms with E-state index in [1.807, 2.05) is 54.6 Å². The molecular weight excluding hydrogens is 272 g/mol. The van der Waals surface area contributed by atoms with Crippen molar-refractivity contribution < 1.29 is 4.79 Å². The second-order valence-corrected chi connectivity index (χ2v) is 5.12. The molecule has 0 aliphatic carbocycles. The van der Waals surface area contributed by atoms with Crippen molar-refractivity contribution in [3.63, 3.8) is 0 Å². The Labute approximate surface area is 122 Å². The van der Waals surface area contributed by atoms with Crippen LogP contribution in [0.2, 0.25) is 5.02 Å². The van der Waals surface area contributed by atoms with Crippen LogP contribution < -0.4 is 5.01 Å². The van der Waals surface area contributed by atoms with Crippen LogP contribution >= 0.6 is 11.6 Å². The van der Waals surface area contributed by atoms with Gasteiger partial charge in [-0.05, 0) is 29.8 Å². The third-order valence-electron chi connectivity index (χ3n) is 3.16. The Kier molecular flexibility index (Phi) is 3.52. The van der Waals surface area contributed by atoms with Crippen molar-refractivity contribution in [1.82, 2.24) is 0 Å². The Balaban J connectivity index is 1.78. The normalized spacial score (nSPS) is 14.6. The highest BCUT2D eigenvalue weighted by molar-refractivity contribution is 6.30. The molecule has 0 spiro atoms. The van der Waals surface area contributed by atoms with Crippen molar-refractivity contribution in [2.45, 2.75) is 12.8 Å². The number of hydrogen-bond acceptors (Lipinski definition) is 2. The van der Waals surface area contributed by atoms with Crippen molar-refractivity contribution in [1.29, 1.82) is 0 Å². The highest BCUT2D eigenvalue weighted by Crippen LogP contribution is 2.21. The Bertz CT molecular complexity index is 650. The summed E-state index contributed by atoms with van der Waals surface area (Å²) in [4.78, 5) is 12.0. The van der Waals surface area contributed by atoms with Gasteiger partial charge >= 0.3 is 0 Å². The lowest BCUT2D eigenvalue weighted by atomic mass is 10.1. The number of anilines is 1. The zero-order valence-electron chi connectivity index (χ0n) is 10.8. The van der Waals surface area contributed by atoms with Gasteiger partial charge in [0, 0.05) is 11.4 Å². The van der Waals surface area contributed by atoms with E-state index in [4.69, 9.17) is 11.6 Å². The van der Waals surface area contributed by atoms with Crippen LogP contribution in [0.15, 0.2) is 59.7 Å². The van der Waals surface area contributed by atoms with E-state index in [1.54, 1.807) is 0 Å². The van der Waals surface area contributed by atoms with E-state index in [-0.39, 0.29) is 5.91 Å². The molecule has 0 atom stereocenters. The summed E-state index contributed by atoms with van der Waals surface area (Å²) in [6.45, 7) is 0. The maximum absolute atomic E-state index is 12.0. The molecule has 0 saturated carbocycles. The molecule has 0 unspecified atom stereocenters. The molecule has 2 aromatic carbocycles. The van der Waals surface area contributed by atoms with E-state index in [0.29, 0.717) is 17.9 Å². The first-order chi connectivity index (χ1) is 9.72. The Morgan fingerprint density at radius 3 is 2.45 bits per heavy atom. The summed E-state index contributed by atoms with van der Waals surface area (Å²) >= 11 is 5.86. The van der Waals surface area contributed by atoms with Crippen molar-refractivity contribution >= 4 is 28.9 Å². The molecule has 2 aromatic rings. The molecule has 0 radical (unpaired) electrons. The SMILES string of the molecule is O=C1CC(Cc2ccc(Cl)cc2)=NN1c1ccccc1. The van der Waals surface area contributed by atoms with Gasteiger partial charge in [0.25, 0.3) is 5.91 Å². The third kappa shape index (κ3) is 2.73. The highest BCUT2D eigenvalue weighted by Gasteiger charge is 2.24. The standard InChI is InChI=1S/C16H13ClN2O/c17-13-8-6-12(7-9-13)10-14-11-16(20)19(18-14)15-4-2-1-3-5-15/h1-9H,10-11H2. The fourth-order valence-corrected chi connectivity index (χ4v) is 2.31. The molecule has 0 bridgehead atoms. The highest BCUT2D eigenvalue weighted by atomic mass is 35.5. The lowest BCUT2D eigenvalue weighted by Gasteiger charge is -2.10. The van der Waals surface area contributed by atoms with E-state index in [1.165, 1.54) is 5.01 Å². The summed E-state index contributed by atoms with van der Waals surface area (Å²) in [6, 6.07) is 17.1. The summed E-state index contributed by atoms with van der Waals surface area (Å²) in [7, 11) is 0. The number of benzene rings is 2. The molecule has 1 aliphatic heterocycles. The third-order valence-corrected chi connectivity index (χ3v) is 3.41. The van der Waals surface area contributed by atoms with Crippen LogP contribution in [0.25, 0.3) is 0 Å². The molecular formula is C16H13ClN2O. The van der Waals surface area contributed by atoms with E-state index < -0.39 is 0 Å². The van der Waals surface area contributed by atoms with Crippen LogP contribution in [0.1, 0.15) is 12.0 Å². The lowest BCUT2D eigenvalue weighted by Crippen LogP contribution is -2.19. The molecule has 3 rings (SSSR count). The molecule has 3 nitrogen and oxygen atoms in total. The van der Waals surface area contributed by atoms with E-state index in [0.717, 1.165) is 17.0 Å². The number of hydrogen-bond donors (Lipinski definition) is 0. The predicted octanol–water partition coefficient (Wildman–Crippen LogP) is 3.68. The van der Waals surface area contributed by atoms with Crippen LogP contribution in [-0.4, -0.2) is 11.6 Å². The number of hydrazone groups is 1. The number of halogens is 1. The average Bonchev–Trinajstić information content (AvgIpc) is 2.83. The van der Waals surface area contributed by atoms with Crippen molar-refractivity contribution in [3.05, 3.63) is 65.2 Å². The zero-order chi connectivity index (χ0) is 13.9. The minimum absolute atomic E-state index is 0.0140. The van der Waals surface area contributed by atoms with Gasteiger partial charge in [0.05, 0.1) is 17.8 Å². The number of rotatable bonds is 3. The molecule has 0 aromatic heterocycles. The van der Waals surface area contributed by atoms with Crippen molar-refractivity contribution in [2.24, 2.45) is 5.10 Å². The van der Waals surface area contributed by atoms with Gasteiger partial charge in [-0.1, -0.05) is 41.9 Å². The minimum Gasteiger partial charge on any atom is -0.272 e. The van der Waals surface area contributed by atoms with E-state index >= 15 is 0 Å². The van der Waals surface area contributed by atoms with Crippen LogP contribution in [0.4, 0.5) is 5.69 Å². The summed E-state index contributed by atoms with van der Waals surface area (Å²) in [5.41, 5.74) is 2.79. The van der Waals surface area contributed by atoms with E-state index in [2.05, 4.69) is 5.10 Å². The molecule has 0 fully saturated rings. The van der Waals surface area contributed by atoms with Gasteiger partial charge in [-0.2, -0.15) is 5.10 Å². The number of nitrogens with zero attached hydrogens (tertiary/aromatic N) is 2. The summed E-state index contributed by atoms with van der Waals surface area (Å²) in [5.74, 6) is 0.0140. The lowest BCUT2D eigenvalue weighted by molar-refractivity contribution is -0.116. The molecule has 0 saturated heterocycles. The Hall–Kier alpha value is -2.13. The van der Waals surface area contributed by atoms with Gasteiger partial charge in [0.15, 0.2) is 0 Å². The van der Waals surface area contributed by atoms with Crippen LogP contribution in [0.5, 0.6) is 0 Å². The largest absolute Gasteiger partial charge is 0.272 e. The molecule has 1 heterocycles. The van der Waals surface area contributed by atoms with Gasteiger partial charge in [-0.25, -0.2) is 5.01 Å². The second-order valence-electron chi connectivity index (χ2n) is 4.69. The average molecular weight is 285 g/mol. The van der Waals surface area contributed by atoms with Crippen LogP contribution in [0.3, 0.4) is 0 Å².